The molecule has 142 valence electrons. The Morgan fingerprint density at radius 1 is 1.14 bits per heavy atom. The molecule has 0 aliphatic heterocycles. The van der Waals surface area contributed by atoms with E-state index in [2.05, 4.69) is 0 Å². The van der Waals surface area contributed by atoms with Gasteiger partial charge in [0.1, 0.15) is 0 Å². The van der Waals surface area contributed by atoms with Gasteiger partial charge in [-0.2, -0.15) is 5.26 Å². The van der Waals surface area contributed by atoms with Gasteiger partial charge >= 0.3 is 5.97 Å². The average Bonchev–Trinajstić information content (AvgIpc) is 2.72. The summed E-state index contributed by atoms with van der Waals surface area (Å²) in [6.07, 6.45) is 2.71. The van der Waals surface area contributed by atoms with E-state index in [0.29, 0.717) is 11.3 Å². The number of nitriles is 1. The van der Waals surface area contributed by atoms with Crippen molar-refractivity contribution in [2.45, 2.75) is 6.42 Å². The minimum Gasteiger partial charge on any atom is -0.452 e. The zero-order valence-electron chi connectivity index (χ0n) is 14.9. The molecule has 0 unspecified atom stereocenters. The van der Waals surface area contributed by atoms with Crippen molar-refractivity contribution in [1.29, 1.82) is 5.26 Å². The second kappa shape index (κ2) is 10.2. The van der Waals surface area contributed by atoms with Crippen molar-refractivity contribution in [2.75, 3.05) is 18.1 Å². The van der Waals surface area contributed by atoms with Gasteiger partial charge in [0.25, 0.3) is 11.6 Å². The molecule has 0 N–H and O–H groups in total. The maximum absolute atomic E-state index is 12.4. The molecule has 0 aliphatic rings. The van der Waals surface area contributed by atoms with Crippen LogP contribution in [-0.4, -0.2) is 30.0 Å². The number of hydrogen-bond donors (Lipinski definition) is 0. The highest BCUT2D eigenvalue weighted by Gasteiger charge is 2.16. The number of amides is 1. The average molecular weight is 379 g/mol. The van der Waals surface area contributed by atoms with Crippen LogP contribution < -0.4 is 4.90 Å². The summed E-state index contributed by atoms with van der Waals surface area (Å²) >= 11 is 0. The molecule has 8 nitrogen and oxygen atoms in total. The highest BCUT2D eigenvalue weighted by Crippen LogP contribution is 2.15. The van der Waals surface area contributed by atoms with Crippen molar-refractivity contribution in [1.82, 2.24) is 0 Å². The molecule has 0 aliphatic carbocycles. The fourth-order valence-corrected chi connectivity index (χ4v) is 2.30. The van der Waals surface area contributed by atoms with E-state index >= 15 is 0 Å². The Morgan fingerprint density at radius 3 is 2.43 bits per heavy atom. The lowest BCUT2D eigenvalue weighted by Gasteiger charge is -2.21. The van der Waals surface area contributed by atoms with Gasteiger partial charge in [0.15, 0.2) is 6.61 Å². The van der Waals surface area contributed by atoms with E-state index in [4.69, 9.17) is 10.00 Å². The minimum absolute atomic E-state index is 0.0521. The predicted octanol–water partition coefficient (Wildman–Crippen LogP) is 3.10. The van der Waals surface area contributed by atoms with Gasteiger partial charge in [-0.25, -0.2) is 4.79 Å². The largest absolute Gasteiger partial charge is 0.452 e. The first-order valence-electron chi connectivity index (χ1n) is 8.33. The molecule has 0 spiro atoms. The summed E-state index contributed by atoms with van der Waals surface area (Å²) in [4.78, 5) is 35.7. The third-order valence-electron chi connectivity index (χ3n) is 3.67. The van der Waals surface area contributed by atoms with Crippen molar-refractivity contribution >= 4 is 29.3 Å². The summed E-state index contributed by atoms with van der Waals surface area (Å²) < 4.78 is 4.96. The number of para-hydroxylation sites is 1. The number of nitro benzene ring substituents is 1. The zero-order chi connectivity index (χ0) is 20.4. The normalized spacial score (nSPS) is 10.2. The van der Waals surface area contributed by atoms with Crippen LogP contribution in [0.4, 0.5) is 11.4 Å². The Balaban J connectivity index is 1.93. The van der Waals surface area contributed by atoms with Gasteiger partial charge in [-0.15, -0.1) is 0 Å². The van der Waals surface area contributed by atoms with Crippen molar-refractivity contribution in [3.8, 4) is 6.07 Å². The Kier molecular flexibility index (Phi) is 7.43. The number of nitrogens with zero attached hydrogens (tertiary/aromatic N) is 3. The Morgan fingerprint density at radius 2 is 1.82 bits per heavy atom. The number of non-ortho nitro benzene ring substituents is 1. The number of rotatable bonds is 8. The van der Waals surface area contributed by atoms with Crippen LogP contribution in [0.1, 0.15) is 12.0 Å². The van der Waals surface area contributed by atoms with E-state index in [-0.39, 0.29) is 18.7 Å². The van der Waals surface area contributed by atoms with Crippen LogP contribution in [0.3, 0.4) is 0 Å². The molecule has 2 rings (SSSR count). The van der Waals surface area contributed by atoms with Gasteiger partial charge in [0.05, 0.1) is 17.4 Å². The number of benzene rings is 2. The molecule has 8 heteroatoms. The highest BCUT2D eigenvalue weighted by molar-refractivity contribution is 5.96. The topological polar surface area (TPSA) is 114 Å². The number of ether oxygens (including phenoxy) is 1. The standard InChI is InChI=1S/C20H17N3O5/c21-13-4-14-22(17-5-2-1-3-6-17)19(24)15-28-20(25)12-9-16-7-10-18(11-8-16)23(26)27/h1-3,5-12H,4,14-15H2/b12-9+. The highest BCUT2D eigenvalue weighted by atomic mass is 16.6. The summed E-state index contributed by atoms with van der Waals surface area (Å²) in [5.74, 6) is -1.17. The first-order chi connectivity index (χ1) is 13.5. The van der Waals surface area contributed by atoms with Crippen molar-refractivity contribution in [2.24, 2.45) is 0 Å². The quantitative estimate of drug-likeness (QED) is 0.301. The van der Waals surface area contributed by atoms with Crippen LogP contribution in [0.5, 0.6) is 0 Å². The summed E-state index contributed by atoms with van der Waals surface area (Å²) in [5, 5.41) is 19.4. The first kappa shape index (κ1) is 20.3. The lowest BCUT2D eigenvalue weighted by Crippen LogP contribution is -2.35. The molecule has 0 saturated carbocycles. The smallest absolute Gasteiger partial charge is 0.331 e. The van der Waals surface area contributed by atoms with Crippen LogP contribution in [-0.2, 0) is 14.3 Å². The zero-order valence-corrected chi connectivity index (χ0v) is 14.9. The van der Waals surface area contributed by atoms with Crippen LogP contribution in [0, 0.1) is 21.4 Å². The second-order valence-electron chi connectivity index (χ2n) is 5.58. The van der Waals surface area contributed by atoms with Gasteiger partial charge in [0.2, 0.25) is 0 Å². The second-order valence-corrected chi connectivity index (χ2v) is 5.58. The Hall–Kier alpha value is -3.99. The van der Waals surface area contributed by atoms with Crippen LogP contribution in [0.15, 0.2) is 60.7 Å². The van der Waals surface area contributed by atoms with Crippen molar-refractivity contribution < 1.29 is 19.2 Å². The van der Waals surface area contributed by atoms with E-state index in [9.17, 15) is 19.7 Å². The third-order valence-corrected chi connectivity index (χ3v) is 3.67. The van der Waals surface area contributed by atoms with E-state index in [1.54, 1.807) is 30.3 Å². The Bertz CT molecular complexity index is 902. The number of nitro groups is 1. The number of esters is 1. The number of carbonyl (C=O) groups excluding carboxylic acids is 2. The van der Waals surface area contributed by atoms with Crippen molar-refractivity contribution in [3.05, 3.63) is 76.4 Å². The summed E-state index contributed by atoms with van der Waals surface area (Å²) in [7, 11) is 0. The molecule has 0 saturated heterocycles. The van der Waals surface area contributed by atoms with Gasteiger partial charge in [0, 0.05) is 30.4 Å². The maximum atomic E-state index is 12.4. The summed E-state index contributed by atoms with van der Waals surface area (Å²) in [5.41, 5.74) is 1.14. The fraction of sp³-hybridized carbons (Fsp3) is 0.150. The van der Waals surface area contributed by atoms with Crippen LogP contribution in [0.2, 0.25) is 0 Å². The number of hydrogen-bond acceptors (Lipinski definition) is 6. The molecule has 2 aromatic carbocycles. The molecule has 0 atom stereocenters. The monoisotopic (exact) mass is 379 g/mol. The van der Waals surface area contributed by atoms with Gasteiger partial charge in [-0.05, 0) is 35.9 Å². The molecular formula is C20H17N3O5. The number of anilines is 1. The molecule has 1 amide bonds. The van der Waals surface area contributed by atoms with E-state index in [0.717, 1.165) is 6.08 Å². The fourth-order valence-electron chi connectivity index (χ4n) is 2.30. The Labute approximate surface area is 161 Å². The van der Waals surface area contributed by atoms with E-state index < -0.39 is 23.4 Å². The van der Waals surface area contributed by atoms with Gasteiger partial charge in [-0.3, -0.25) is 14.9 Å². The lowest BCUT2D eigenvalue weighted by molar-refractivity contribution is -0.384. The molecule has 0 radical (unpaired) electrons. The molecule has 2 aromatic rings. The van der Waals surface area contributed by atoms with Crippen LogP contribution in [0.25, 0.3) is 6.08 Å². The van der Waals surface area contributed by atoms with E-state index in [1.165, 1.54) is 35.2 Å². The maximum Gasteiger partial charge on any atom is 0.331 e. The predicted molar refractivity (Wildman–Crippen MR) is 102 cm³/mol. The molecule has 0 fully saturated rings. The van der Waals surface area contributed by atoms with Crippen molar-refractivity contribution in [3.63, 3.8) is 0 Å². The van der Waals surface area contributed by atoms with Crippen LogP contribution >= 0.6 is 0 Å². The molecule has 28 heavy (non-hydrogen) atoms. The molecule has 0 bridgehead atoms. The summed E-state index contributed by atoms with van der Waals surface area (Å²) in [6.45, 7) is -0.278. The first-order valence-corrected chi connectivity index (χ1v) is 8.33. The minimum atomic E-state index is -0.722. The SMILES string of the molecule is N#CCCN(C(=O)COC(=O)/C=C/c1ccc([N+](=O)[O-])cc1)c1ccccc1. The lowest BCUT2D eigenvalue weighted by atomic mass is 10.2. The van der Waals surface area contributed by atoms with Gasteiger partial charge < -0.3 is 9.64 Å². The molecular weight excluding hydrogens is 362 g/mol. The number of carbonyl (C=O) groups is 2. The van der Waals surface area contributed by atoms with E-state index in [1.807, 2.05) is 6.07 Å². The third kappa shape index (κ3) is 6.07. The summed E-state index contributed by atoms with van der Waals surface area (Å²) in [6, 6.07) is 16.4. The molecule has 0 aromatic heterocycles. The molecule has 0 heterocycles. The van der Waals surface area contributed by atoms with Gasteiger partial charge in [-0.1, -0.05) is 18.2 Å².